The lowest BCUT2D eigenvalue weighted by Gasteiger charge is -2.15. The second-order valence-electron chi connectivity index (χ2n) is 3.02. The average molecular weight is 426 g/mol. The van der Waals surface area contributed by atoms with Gasteiger partial charge in [0.25, 0.3) is 0 Å². The molecule has 1 heterocycles. The monoisotopic (exact) mass is 426 g/mol. The van der Waals surface area contributed by atoms with Crippen LogP contribution in [0, 0.1) is 5.92 Å². The van der Waals surface area contributed by atoms with Gasteiger partial charge in [-0.1, -0.05) is 0 Å². The van der Waals surface area contributed by atoms with Crippen LogP contribution in [0.2, 0.25) is 0 Å². The van der Waals surface area contributed by atoms with E-state index in [0.717, 1.165) is 0 Å². The van der Waals surface area contributed by atoms with Crippen LogP contribution in [-0.4, -0.2) is 41.0 Å². The van der Waals surface area contributed by atoms with E-state index in [9.17, 15) is 9.90 Å². The van der Waals surface area contributed by atoms with E-state index in [4.69, 9.17) is 4.74 Å². The smallest absolute Gasteiger partial charge is 0.306 e. The molecule has 3 atom stereocenters. The minimum atomic E-state index is -0.540. The summed E-state index contributed by atoms with van der Waals surface area (Å²) in [6, 6.07) is 0. The van der Waals surface area contributed by atoms with E-state index in [2.05, 4.69) is 27.4 Å². The van der Waals surface area contributed by atoms with Crippen LogP contribution in [0.15, 0.2) is 0 Å². The predicted octanol–water partition coefficient (Wildman–Crippen LogP) is 1.05. The molecule has 0 bridgehead atoms. The third kappa shape index (κ3) is 3.38. The molecule has 0 spiro atoms. The van der Waals surface area contributed by atoms with Crippen molar-refractivity contribution in [1.82, 2.24) is 0 Å². The first kappa shape index (κ1) is 12.8. The number of carbonyl (C=O) groups is 1. The first-order chi connectivity index (χ1) is 6.69. The van der Waals surface area contributed by atoms with Crippen molar-refractivity contribution in [2.24, 2.45) is 5.92 Å². The van der Waals surface area contributed by atoms with Crippen molar-refractivity contribution in [1.29, 1.82) is 0 Å². The Labute approximate surface area is 102 Å². The Balaban J connectivity index is 2.57. The van der Waals surface area contributed by atoms with Crippen LogP contribution >= 0.6 is 35.4 Å². The molecular formula is C8H12I2O4. The Bertz CT molecular complexity index is 231. The standard InChI is InChI=1S/C8H12I2O4/c1-13-8(12)2-5-6(11)4-14-7(5)3-10-9/h3,5-7,11H,2,4H2,1H3/t5-,6-,7+/m0/s1. The zero-order valence-electron chi connectivity index (χ0n) is 7.65. The number of aliphatic hydroxyl groups is 1. The Hall–Kier alpha value is 0.720. The van der Waals surface area contributed by atoms with E-state index in [0.29, 0.717) is 6.61 Å². The predicted molar refractivity (Wildman–Crippen MR) is 70.0 cm³/mol. The molecule has 82 valence electrons. The van der Waals surface area contributed by atoms with Crippen LogP contribution in [0.1, 0.15) is 6.42 Å². The Morgan fingerprint density at radius 1 is 1.86 bits per heavy atom. The Morgan fingerprint density at radius 2 is 2.57 bits per heavy atom. The van der Waals surface area contributed by atoms with Crippen LogP contribution in [0.25, 0.3) is 0 Å². The summed E-state index contributed by atoms with van der Waals surface area (Å²) in [4.78, 5) is 11.1. The molecule has 0 aliphatic carbocycles. The summed E-state index contributed by atoms with van der Waals surface area (Å²) >= 11 is 2.29. The molecule has 14 heavy (non-hydrogen) atoms. The van der Waals surface area contributed by atoms with Crippen LogP contribution < -0.4 is 0 Å². The number of halogens is 2. The summed E-state index contributed by atoms with van der Waals surface area (Å²) in [6.07, 6.45) is -0.379. The largest absolute Gasteiger partial charge is 0.469 e. The van der Waals surface area contributed by atoms with Gasteiger partial charge < -0.3 is 14.6 Å². The highest BCUT2D eigenvalue weighted by molar-refractivity contribution is 15.0. The highest BCUT2D eigenvalue weighted by Crippen LogP contribution is 2.26. The second kappa shape index (κ2) is 6.33. The number of carbonyl (C=O) groups excluding carboxylic acids is 1. The molecule has 0 aromatic carbocycles. The van der Waals surface area contributed by atoms with Gasteiger partial charge in [0.1, 0.15) is 0 Å². The quantitative estimate of drug-likeness (QED) is 0.542. The molecule has 0 aromatic heterocycles. The van der Waals surface area contributed by atoms with E-state index in [1.165, 1.54) is 7.11 Å². The Kier molecular flexibility index (Phi) is 5.79. The van der Waals surface area contributed by atoms with Crippen molar-refractivity contribution in [2.45, 2.75) is 18.6 Å². The fourth-order valence-electron chi connectivity index (χ4n) is 1.38. The van der Waals surface area contributed by atoms with Crippen molar-refractivity contribution in [3.8, 4) is 0 Å². The number of ether oxygens (including phenoxy) is 2. The van der Waals surface area contributed by atoms with Gasteiger partial charge in [0.15, 0.2) is 0 Å². The SMILES string of the molecule is COC(=O)C[C@H]1[C@@H](O)CO[C@@H]1C=II. The molecule has 0 saturated carbocycles. The van der Waals surface area contributed by atoms with Gasteiger partial charge in [0.05, 0.1) is 32.3 Å². The van der Waals surface area contributed by atoms with Crippen molar-refractivity contribution in [3.05, 3.63) is 0 Å². The van der Waals surface area contributed by atoms with Gasteiger partial charge >= 0.3 is 5.97 Å². The number of hydrogen-bond donors (Lipinski definition) is 1. The fraction of sp³-hybridized carbons (Fsp3) is 0.750. The molecule has 0 amide bonds. The molecule has 0 aromatic rings. The van der Waals surface area contributed by atoms with E-state index in [1.807, 2.05) is 0 Å². The van der Waals surface area contributed by atoms with Crippen molar-refractivity contribution >= 4 is 45.4 Å². The van der Waals surface area contributed by atoms with Crippen LogP contribution in [-0.2, 0) is 14.3 Å². The highest BCUT2D eigenvalue weighted by atomic mass is 128. The van der Waals surface area contributed by atoms with Crippen molar-refractivity contribution in [2.75, 3.05) is 13.7 Å². The fourth-order valence-corrected chi connectivity index (χ4v) is 4.19. The van der Waals surface area contributed by atoms with Gasteiger partial charge in [0, 0.05) is 5.92 Å². The molecule has 6 heteroatoms. The molecule has 0 radical (unpaired) electrons. The van der Waals surface area contributed by atoms with Crippen molar-refractivity contribution < 1.29 is 19.4 Å². The highest BCUT2D eigenvalue weighted by Gasteiger charge is 2.36. The number of hydrogen-bond acceptors (Lipinski definition) is 4. The van der Waals surface area contributed by atoms with Gasteiger partial charge in [-0.2, -0.15) is 0 Å². The minimum absolute atomic E-state index is 0.0259. The first-order valence-corrected chi connectivity index (χ1v) is 11.7. The minimum Gasteiger partial charge on any atom is -0.469 e. The van der Waals surface area contributed by atoms with Gasteiger partial charge in [-0.25, -0.2) is 0 Å². The Morgan fingerprint density at radius 3 is 3.14 bits per heavy atom. The lowest BCUT2D eigenvalue weighted by Crippen LogP contribution is -2.27. The maximum Gasteiger partial charge on any atom is 0.306 e. The molecule has 4 nitrogen and oxygen atoms in total. The molecule has 1 rings (SSSR count). The molecule has 0 unspecified atom stereocenters. The van der Waals surface area contributed by atoms with Crippen LogP contribution in [0.4, 0.5) is 0 Å². The number of aliphatic hydroxyl groups excluding tert-OH is 1. The lowest BCUT2D eigenvalue weighted by molar-refractivity contribution is -0.142. The summed E-state index contributed by atoms with van der Waals surface area (Å²) in [7, 11) is 1.36. The lowest BCUT2D eigenvalue weighted by atomic mass is 9.96. The third-order valence-corrected chi connectivity index (χ3v) is 4.98. The first-order valence-electron chi connectivity index (χ1n) is 4.13. The normalized spacial score (nSPS) is 32.9. The molecule has 1 fully saturated rings. The van der Waals surface area contributed by atoms with Crippen LogP contribution in [0.3, 0.4) is 0 Å². The number of rotatable bonds is 3. The zero-order chi connectivity index (χ0) is 10.6. The van der Waals surface area contributed by atoms with E-state index < -0.39 is 6.10 Å². The molecule has 1 saturated heterocycles. The summed E-state index contributed by atoms with van der Waals surface area (Å²) in [5, 5.41) is 9.59. The maximum absolute atomic E-state index is 11.1. The molecule has 1 aliphatic heterocycles. The summed E-state index contributed by atoms with van der Waals surface area (Å²) < 4.78 is 12.0. The summed E-state index contributed by atoms with van der Waals surface area (Å²) in [6.45, 7) is 0.323. The number of esters is 1. The number of methoxy groups -OCH3 is 1. The topological polar surface area (TPSA) is 55.8 Å². The van der Waals surface area contributed by atoms with E-state index in [1.54, 1.807) is 0 Å². The maximum atomic E-state index is 11.1. The van der Waals surface area contributed by atoms with Gasteiger partial charge in [-0.15, -0.1) is 0 Å². The summed E-state index contributed by atoms with van der Waals surface area (Å²) in [5.74, 6) is -0.415. The van der Waals surface area contributed by atoms with Crippen molar-refractivity contribution in [3.63, 3.8) is 0 Å². The van der Waals surface area contributed by atoms with Crippen LogP contribution in [0.5, 0.6) is 0 Å². The third-order valence-electron chi connectivity index (χ3n) is 2.18. The van der Waals surface area contributed by atoms with Gasteiger partial charge in [-0.3, -0.25) is 4.79 Å². The molecular weight excluding hydrogens is 414 g/mol. The summed E-state index contributed by atoms with van der Waals surface area (Å²) in [5.41, 5.74) is 0. The molecule has 1 N–H and O–H groups in total. The van der Waals surface area contributed by atoms with E-state index in [-0.39, 0.29) is 41.2 Å². The van der Waals surface area contributed by atoms with E-state index >= 15 is 0 Å². The second-order valence-corrected chi connectivity index (χ2v) is 7.37. The van der Waals surface area contributed by atoms with Gasteiger partial charge in [-0.05, 0) is 39.4 Å². The zero-order valence-corrected chi connectivity index (χ0v) is 12.0. The molecule has 1 aliphatic rings. The van der Waals surface area contributed by atoms with Gasteiger partial charge in [0.2, 0.25) is 0 Å². The average Bonchev–Trinajstić information content (AvgIpc) is 2.50.